The minimum atomic E-state index is -4.45. The van der Waals surface area contributed by atoms with Crippen molar-refractivity contribution in [2.75, 3.05) is 40.9 Å². The summed E-state index contributed by atoms with van der Waals surface area (Å²) < 4.78 is 30.6. The minimum absolute atomic E-state index is 0.0347. The van der Waals surface area contributed by atoms with Gasteiger partial charge in [-0.15, -0.1) is 0 Å². The number of nitrogens with one attached hydrogen (secondary N) is 1. The maximum Gasteiger partial charge on any atom is 0.472 e. The van der Waals surface area contributed by atoms with E-state index < -0.39 is 20.0 Å². The molecule has 3 unspecified atom stereocenters. The van der Waals surface area contributed by atoms with E-state index in [0.29, 0.717) is 23.9 Å². The van der Waals surface area contributed by atoms with Crippen molar-refractivity contribution >= 4 is 19.7 Å². The first-order valence-electron chi connectivity index (χ1n) is 29.6. The first-order chi connectivity index (χ1) is 34.4. The Hall–Kier alpha value is -2.29. The fourth-order valence-electron chi connectivity index (χ4n) is 8.33. The molecule has 1 amide bonds. The number of quaternary nitrogens is 1. The van der Waals surface area contributed by atoms with Crippen LogP contribution in [0, 0.1) is 0 Å². The van der Waals surface area contributed by atoms with Crippen LogP contribution in [-0.4, -0.2) is 74.3 Å². The molecule has 0 fully saturated rings. The van der Waals surface area contributed by atoms with Gasteiger partial charge in [-0.1, -0.05) is 236 Å². The van der Waals surface area contributed by atoms with Crippen LogP contribution in [0.5, 0.6) is 0 Å². The highest BCUT2D eigenvalue weighted by molar-refractivity contribution is 7.47. The number of esters is 1. The molecule has 0 heterocycles. The van der Waals surface area contributed by atoms with Gasteiger partial charge in [-0.05, 0) is 76.7 Å². The van der Waals surface area contributed by atoms with Gasteiger partial charge in [0.15, 0.2) is 0 Å². The Bertz CT molecular complexity index is 1400. The summed E-state index contributed by atoms with van der Waals surface area (Å²) in [5.41, 5.74) is 0. The van der Waals surface area contributed by atoms with Crippen LogP contribution < -0.4 is 5.32 Å². The number of amides is 1. The number of phosphoric acid groups is 1. The van der Waals surface area contributed by atoms with Gasteiger partial charge >= 0.3 is 13.8 Å². The standard InChI is InChI=1S/C61H113N2O7P/c1-7-10-13-16-19-22-25-28-30-31-32-33-34-36-39-42-45-48-51-54-61(65)70-59(52-49-46-43-40-37-27-24-21-18-15-12-9-3)58(57-69-71(66,67)68-56-55-63(4,5)6)62-60(64)53-50-47-44-41-38-35-29-26-23-20-17-14-11-8-2/h19,22,28,30,32-33,36,39,49,52,58-59H,7-18,20-21,23-27,29,31,34-35,37-38,40-48,50-51,53-57H2,1-6H3,(H-,62,64,66,67)/p+1/b22-19-,30-28-,33-32-,39-36-,52-49+. The molecule has 0 spiro atoms. The van der Waals surface area contributed by atoms with Crippen LogP contribution >= 0.6 is 7.82 Å². The van der Waals surface area contributed by atoms with Gasteiger partial charge in [-0.2, -0.15) is 0 Å². The summed E-state index contributed by atoms with van der Waals surface area (Å²) in [6.07, 6.45) is 63.5. The number of carbonyl (C=O) groups excluding carboxylic acids is 2. The monoisotopic (exact) mass is 1020 g/mol. The lowest BCUT2D eigenvalue weighted by Gasteiger charge is -2.27. The van der Waals surface area contributed by atoms with Gasteiger partial charge in [0.2, 0.25) is 5.91 Å². The highest BCUT2D eigenvalue weighted by Gasteiger charge is 2.30. The highest BCUT2D eigenvalue weighted by atomic mass is 31.2. The van der Waals surface area contributed by atoms with E-state index in [1.54, 1.807) is 0 Å². The van der Waals surface area contributed by atoms with Gasteiger partial charge in [0.25, 0.3) is 0 Å². The predicted octanol–water partition coefficient (Wildman–Crippen LogP) is 17.9. The Morgan fingerprint density at radius 3 is 1.32 bits per heavy atom. The topological polar surface area (TPSA) is 111 Å². The Labute approximate surface area is 439 Å². The number of nitrogens with zero attached hydrogens (tertiary/aromatic N) is 1. The molecule has 0 aromatic rings. The van der Waals surface area contributed by atoms with Crippen LogP contribution in [0.3, 0.4) is 0 Å². The summed E-state index contributed by atoms with van der Waals surface area (Å²) in [5, 5.41) is 3.04. The molecule has 0 bridgehead atoms. The van der Waals surface area contributed by atoms with Crippen LogP contribution in [0.4, 0.5) is 0 Å². The second-order valence-electron chi connectivity index (χ2n) is 21.2. The summed E-state index contributed by atoms with van der Waals surface area (Å²) in [4.78, 5) is 37.6. The first-order valence-corrected chi connectivity index (χ1v) is 31.1. The van der Waals surface area contributed by atoms with Gasteiger partial charge in [0.1, 0.15) is 19.3 Å². The molecule has 0 aliphatic heterocycles. The number of hydrogen-bond donors (Lipinski definition) is 2. The van der Waals surface area contributed by atoms with Crippen molar-refractivity contribution in [2.24, 2.45) is 0 Å². The van der Waals surface area contributed by atoms with Crippen LogP contribution in [0.2, 0.25) is 0 Å². The fraction of sp³-hybridized carbons (Fsp3) is 0.803. The van der Waals surface area contributed by atoms with Crippen LogP contribution in [0.15, 0.2) is 60.8 Å². The van der Waals surface area contributed by atoms with E-state index in [0.717, 1.165) is 77.0 Å². The van der Waals surface area contributed by atoms with Gasteiger partial charge < -0.3 is 19.4 Å². The van der Waals surface area contributed by atoms with E-state index in [-0.39, 0.29) is 31.5 Å². The summed E-state index contributed by atoms with van der Waals surface area (Å²) in [7, 11) is 1.48. The lowest BCUT2D eigenvalue weighted by atomic mass is 10.0. The van der Waals surface area contributed by atoms with E-state index in [2.05, 4.69) is 74.7 Å². The van der Waals surface area contributed by atoms with Crippen molar-refractivity contribution < 1.29 is 37.3 Å². The number of rotatable bonds is 53. The molecule has 2 N–H and O–H groups in total. The third-order valence-electron chi connectivity index (χ3n) is 13.0. The van der Waals surface area contributed by atoms with Crippen LogP contribution in [0.25, 0.3) is 0 Å². The van der Waals surface area contributed by atoms with Crippen molar-refractivity contribution in [3.8, 4) is 0 Å². The molecule has 0 aromatic carbocycles. The SMILES string of the molecule is CCCCC/C=C\C/C=C\C/C=C\C/C=C\CCCCCC(=O)OC(/C=C/CCCCCCCCCCCC)C(COP(=O)(O)OCC[N+](C)(C)C)NC(=O)CCCCCCCCCCCCCCCC. The zero-order valence-electron chi connectivity index (χ0n) is 47.2. The lowest BCUT2D eigenvalue weighted by Crippen LogP contribution is -2.47. The van der Waals surface area contributed by atoms with Crippen molar-refractivity contribution in [2.45, 2.75) is 277 Å². The Kier molecular flexibility index (Phi) is 49.6. The van der Waals surface area contributed by atoms with Gasteiger partial charge in [0, 0.05) is 12.8 Å². The molecular formula is C61H114N2O7P+. The summed E-state index contributed by atoms with van der Waals surface area (Å²) >= 11 is 0. The molecule has 0 aliphatic rings. The molecule has 71 heavy (non-hydrogen) atoms. The molecule has 10 heteroatoms. The maximum absolute atomic E-state index is 13.5. The number of ether oxygens (including phenoxy) is 1. The Balaban J connectivity index is 5.37. The number of likely N-dealkylation sites (N-methyl/N-ethyl adjacent to an activating group) is 1. The zero-order chi connectivity index (χ0) is 52.2. The molecule has 0 saturated heterocycles. The molecule has 414 valence electrons. The van der Waals surface area contributed by atoms with Crippen LogP contribution in [0.1, 0.15) is 265 Å². The number of unbranched alkanes of at least 4 members (excludes halogenated alkanes) is 29. The quantitative estimate of drug-likeness (QED) is 0.0205. The molecular weight excluding hydrogens is 904 g/mol. The minimum Gasteiger partial charge on any atom is -0.456 e. The van der Waals surface area contributed by atoms with E-state index in [1.165, 1.54) is 148 Å². The summed E-state index contributed by atoms with van der Waals surface area (Å²) in [5.74, 6) is -0.536. The Morgan fingerprint density at radius 2 is 0.859 bits per heavy atom. The van der Waals surface area contributed by atoms with E-state index in [1.807, 2.05) is 33.3 Å². The van der Waals surface area contributed by atoms with Gasteiger partial charge in [-0.25, -0.2) is 4.57 Å². The zero-order valence-corrected chi connectivity index (χ0v) is 48.1. The maximum atomic E-state index is 13.5. The molecule has 0 aromatic heterocycles. The number of carbonyl (C=O) groups is 2. The van der Waals surface area contributed by atoms with Crippen molar-refractivity contribution in [1.82, 2.24) is 5.32 Å². The van der Waals surface area contributed by atoms with Gasteiger partial charge in [-0.3, -0.25) is 18.6 Å². The predicted molar refractivity (Wildman–Crippen MR) is 305 cm³/mol. The largest absolute Gasteiger partial charge is 0.472 e. The van der Waals surface area contributed by atoms with E-state index >= 15 is 0 Å². The second-order valence-corrected chi connectivity index (χ2v) is 22.6. The lowest BCUT2D eigenvalue weighted by molar-refractivity contribution is -0.870. The van der Waals surface area contributed by atoms with E-state index in [4.69, 9.17) is 13.8 Å². The second kappa shape index (κ2) is 51.2. The molecule has 0 rings (SSSR count). The smallest absolute Gasteiger partial charge is 0.456 e. The number of allylic oxidation sites excluding steroid dienone is 9. The van der Waals surface area contributed by atoms with E-state index in [9.17, 15) is 19.0 Å². The third-order valence-corrected chi connectivity index (χ3v) is 13.9. The fourth-order valence-corrected chi connectivity index (χ4v) is 9.07. The van der Waals surface area contributed by atoms with Gasteiger partial charge in [0.05, 0.1) is 33.8 Å². The molecule has 0 radical (unpaired) electrons. The van der Waals surface area contributed by atoms with Crippen molar-refractivity contribution in [3.05, 3.63) is 60.8 Å². The third kappa shape index (κ3) is 52.4. The number of hydrogen-bond acceptors (Lipinski definition) is 6. The highest BCUT2D eigenvalue weighted by Crippen LogP contribution is 2.43. The molecule has 9 nitrogen and oxygen atoms in total. The first kappa shape index (κ1) is 68.7. The average Bonchev–Trinajstić information content (AvgIpc) is 3.33. The van der Waals surface area contributed by atoms with Crippen molar-refractivity contribution in [1.29, 1.82) is 0 Å². The summed E-state index contributed by atoms with van der Waals surface area (Å²) in [6, 6.07) is -0.859. The molecule has 0 saturated carbocycles. The van der Waals surface area contributed by atoms with Crippen LogP contribution in [-0.2, 0) is 27.9 Å². The summed E-state index contributed by atoms with van der Waals surface area (Å²) in [6.45, 7) is 6.97. The Morgan fingerprint density at radius 1 is 0.493 bits per heavy atom. The number of phosphoric ester groups is 1. The normalized spacial score (nSPS) is 14.2. The molecule has 0 aliphatic carbocycles. The van der Waals surface area contributed by atoms with Crippen molar-refractivity contribution in [3.63, 3.8) is 0 Å². The average molecular weight is 1020 g/mol. The molecule has 3 atom stereocenters.